The molecule has 6 nitrogen and oxygen atoms in total. The van der Waals surface area contributed by atoms with E-state index in [4.69, 9.17) is 23.2 Å². The predicted molar refractivity (Wildman–Crippen MR) is 113 cm³/mol. The van der Waals surface area contributed by atoms with Gasteiger partial charge >= 0.3 is 0 Å². The molecule has 140 valence electrons. The predicted octanol–water partition coefficient (Wildman–Crippen LogP) is 4.94. The Balaban J connectivity index is 1.54. The number of rotatable bonds is 5. The van der Waals surface area contributed by atoms with Crippen LogP contribution in [0, 0.1) is 6.92 Å². The number of nitrogens with one attached hydrogen (secondary N) is 1. The van der Waals surface area contributed by atoms with Crippen LogP contribution in [-0.2, 0) is 6.54 Å². The van der Waals surface area contributed by atoms with Gasteiger partial charge in [0.15, 0.2) is 5.82 Å². The first kappa shape index (κ1) is 18.4. The highest BCUT2D eigenvalue weighted by Crippen LogP contribution is 2.21. The lowest BCUT2D eigenvalue weighted by molar-refractivity contribution is 0.680. The molecule has 2 aromatic carbocycles. The lowest BCUT2D eigenvalue weighted by Gasteiger charge is -2.04. The van der Waals surface area contributed by atoms with Gasteiger partial charge in [-0.3, -0.25) is 5.43 Å². The van der Waals surface area contributed by atoms with Crippen molar-refractivity contribution in [3.63, 3.8) is 0 Å². The molecular formula is C20H16Cl2N6. The Bertz CT molecular complexity index is 1150. The van der Waals surface area contributed by atoms with Gasteiger partial charge in [0.05, 0.1) is 30.2 Å². The summed E-state index contributed by atoms with van der Waals surface area (Å²) >= 11 is 12.5. The molecule has 0 amide bonds. The number of nitrogens with zero attached hydrogens (tertiary/aromatic N) is 5. The second-order valence-electron chi connectivity index (χ2n) is 6.22. The van der Waals surface area contributed by atoms with E-state index >= 15 is 0 Å². The zero-order chi connectivity index (χ0) is 19.5. The third-order valence-electron chi connectivity index (χ3n) is 4.29. The smallest absolute Gasteiger partial charge is 0.176 e. The molecule has 0 unspecified atom stereocenters. The molecule has 4 aromatic rings. The van der Waals surface area contributed by atoms with Crippen LogP contribution in [0.2, 0.25) is 10.2 Å². The zero-order valence-corrected chi connectivity index (χ0v) is 16.5. The summed E-state index contributed by atoms with van der Waals surface area (Å²) in [5.74, 6) is 0.580. The summed E-state index contributed by atoms with van der Waals surface area (Å²) in [5.41, 5.74) is 5.53. The number of hydrogen-bond acceptors (Lipinski definition) is 5. The molecule has 0 aliphatic rings. The van der Waals surface area contributed by atoms with Crippen LogP contribution in [0.15, 0.2) is 59.8 Å². The molecule has 2 heterocycles. The minimum absolute atomic E-state index is 0.516. The van der Waals surface area contributed by atoms with Crippen molar-refractivity contribution in [3.8, 4) is 0 Å². The van der Waals surface area contributed by atoms with Gasteiger partial charge < -0.3 is 0 Å². The molecule has 0 aliphatic heterocycles. The Morgan fingerprint density at radius 3 is 2.71 bits per heavy atom. The quantitative estimate of drug-likeness (QED) is 0.373. The number of aryl methyl sites for hydroxylation is 1. The Kier molecular flexibility index (Phi) is 5.23. The molecule has 0 spiro atoms. The minimum atomic E-state index is 0.516. The Labute approximate surface area is 171 Å². The highest BCUT2D eigenvalue weighted by Gasteiger charge is 2.12. The third kappa shape index (κ3) is 3.83. The first-order valence-corrected chi connectivity index (χ1v) is 9.34. The number of hydrogen-bond donors (Lipinski definition) is 1. The summed E-state index contributed by atoms with van der Waals surface area (Å²) in [4.78, 5) is 0. The van der Waals surface area contributed by atoms with Crippen LogP contribution < -0.4 is 5.43 Å². The molecular weight excluding hydrogens is 395 g/mol. The lowest BCUT2D eigenvalue weighted by atomic mass is 10.2. The number of fused-ring (bicyclic) bond motifs is 1. The number of anilines is 1. The van der Waals surface area contributed by atoms with Crippen molar-refractivity contribution in [2.45, 2.75) is 13.5 Å². The van der Waals surface area contributed by atoms with Gasteiger partial charge in [-0.15, -0.1) is 5.10 Å². The second kappa shape index (κ2) is 7.96. The molecule has 0 bridgehead atoms. The van der Waals surface area contributed by atoms with Crippen LogP contribution in [0.3, 0.4) is 0 Å². The molecule has 28 heavy (non-hydrogen) atoms. The van der Waals surface area contributed by atoms with Crippen molar-refractivity contribution in [3.05, 3.63) is 81.7 Å². The van der Waals surface area contributed by atoms with E-state index in [0.29, 0.717) is 22.5 Å². The molecule has 0 saturated heterocycles. The van der Waals surface area contributed by atoms with E-state index in [9.17, 15) is 0 Å². The molecule has 0 aliphatic carbocycles. The third-order valence-corrected chi connectivity index (χ3v) is 4.94. The van der Waals surface area contributed by atoms with Crippen molar-refractivity contribution in [2.75, 3.05) is 5.43 Å². The van der Waals surface area contributed by atoms with Crippen LogP contribution in [0.4, 0.5) is 5.82 Å². The fourth-order valence-corrected chi connectivity index (χ4v) is 3.26. The van der Waals surface area contributed by atoms with E-state index in [1.165, 1.54) is 0 Å². The summed E-state index contributed by atoms with van der Waals surface area (Å²) in [5, 5.41) is 20.0. The largest absolute Gasteiger partial charge is 0.259 e. The summed E-state index contributed by atoms with van der Waals surface area (Å²) in [6, 6.07) is 15.4. The van der Waals surface area contributed by atoms with Crippen molar-refractivity contribution in [1.82, 2.24) is 20.0 Å². The Morgan fingerprint density at radius 1 is 1.11 bits per heavy atom. The van der Waals surface area contributed by atoms with Crippen molar-refractivity contribution < 1.29 is 0 Å². The van der Waals surface area contributed by atoms with Crippen LogP contribution in [0.5, 0.6) is 0 Å². The van der Waals surface area contributed by atoms with Crippen LogP contribution in [0.1, 0.15) is 16.8 Å². The van der Waals surface area contributed by atoms with Gasteiger partial charge in [0, 0.05) is 15.8 Å². The Morgan fingerprint density at radius 2 is 1.89 bits per heavy atom. The van der Waals surface area contributed by atoms with E-state index in [1.54, 1.807) is 17.1 Å². The maximum absolute atomic E-state index is 6.52. The minimum Gasteiger partial charge on any atom is -0.259 e. The lowest BCUT2D eigenvalue weighted by Crippen LogP contribution is -2.02. The molecule has 0 atom stereocenters. The molecule has 0 fully saturated rings. The number of benzene rings is 2. The van der Waals surface area contributed by atoms with Crippen LogP contribution in [-0.4, -0.2) is 26.2 Å². The van der Waals surface area contributed by atoms with Gasteiger partial charge in [-0.2, -0.15) is 15.3 Å². The fourth-order valence-electron chi connectivity index (χ4n) is 2.85. The maximum Gasteiger partial charge on any atom is 0.176 e. The van der Waals surface area contributed by atoms with Gasteiger partial charge in [-0.25, -0.2) is 4.68 Å². The Hall–Kier alpha value is -2.96. The van der Waals surface area contributed by atoms with Gasteiger partial charge in [-0.05, 0) is 24.6 Å². The summed E-state index contributed by atoms with van der Waals surface area (Å²) in [7, 11) is 0. The molecule has 2 aromatic heterocycles. The van der Waals surface area contributed by atoms with Gasteiger partial charge in [-0.1, -0.05) is 59.6 Å². The van der Waals surface area contributed by atoms with Crippen LogP contribution >= 0.6 is 23.2 Å². The monoisotopic (exact) mass is 410 g/mol. The van der Waals surface area contributed by atoms with Crippen molar-refractivity contribution >= 4 is 46.0 Å². The van der Waals surface area contributed by atoms with Gasteiger partial charge in [0.25, 0.3) is 0 Å². The topological polar surface area (TPSA) is 68.0 Å². The number of halogens is 2. The SMILES string of the molecule is Cc1nn(Cc2ccc(Cl)cc2)c(Cl)c1C=NNc1nncc2ccccc12. The van der Waals surface area contributed by atoms with Gasteiger partial charge in [0.2, 0.25) is 0 Å². The van der Waals surface area contributed by atoms with E-state index < -0.39 is 0 Å². The molecule has 8 heteroatoms. The standard InChI is InChI=1S/C20H16Cl2N6/c1-13-18(19(22)28(27-13)12-14-6-8-16(21)9-7-14)11-24-26-20-17-5-3-2-4-15(17)10-23-25-20/h2-11H,12H2,1H3,(H,25,26). The highest BCUT2D eigenvalue weighted by atomic mass is 35.5. The average Bonchev–Trinajstić information content (AvgIpc) is 2.97. The average molecular weight is 411 g/mol. The molecule has 4 rings (SSSR count). The van der Waals surface area contributed by atoms with E-state index in [1.807, 2.05) is 55.5 Å². The van der Waals surface area contributed by atoms with Crippen LogP contribution in [0.25, 0.3) is 10.8 Å². The number of hydrazone groups is 1. The summed E-state index contributed by atoms with van der Waals surface area (Å²) in [6.07, 6.45) is 3.36. The summed E-state index contributed by atoms with van der Waals surface area (Å²) in [6.45, 7) is 2.44. The van der Waals surface area contributed by atoms with Crippen molar-refractivity contribution in [1.29, 1.82) is 0 Å². The fraction of sp³-hybridized carbons (Fsp3) is 0.100. The summed E-state index contributed by atoms with van der Waals surface area (Å²) < 4.78 is 1.74. The van der Waals surface area contributed by atoms with Gasteiger partial charge in [0.1, 0.15) is 5.15 Å². The van der Waals surface area contributed by atoms with E-state index in [-0.39, 0.29) is 0 Å². The first-order valence-electron chi connectivity index (χ1n) is 8.58. The molecule has 0 saturated carbocycles. The maximum atomic E-state index is 6.52. The normalized spacial score (nSPS) is 11.4. The highest BCUT2D eigenvalue weighted by molar-refractivity contribution is 6.32. The van der Waals surface area contributed by atoms with E-state index in [0.717, 1.165) is 27.6 Å². The first-order chi connectivity index (χ1) is 13.6. The second-order valence-corrected chi connectivity index (χ2v) is 7.02. The molecule has 0 radical (unpaired) electrons. The van der Waals surface area contributed by atoms with Crippen molar-refractivity contribution in [2.24, 2.45) is 5.10 Å². The molecule has 1 N–H and O–H groups in total. The zero-order valence-electron chi connectivity index (χ0n) is 15.0. The van der Waals surface area contributed by atoms with E-state index in [2.05, 4.69) is 25.8 Å². The number of aromatic nitrogens is 4.